The van der Waals surface area contributed by atoms with Crippen LogP contribution in [0.25, 0.3) is 0 Å². The average Bonchev–Trinajstić information content (AvgIpc) is 2.81. The molecule has 0 aliphatic heterocycles. The van der Waals surface area contributed by atoms with Gasteiger partial charge in [-0.15, -0.1) is 0 Å². The zero-order valence-electron chi connectivity index (χ0n) is 20.7. The van der Waals surface area contributed by atoms with Crippen molar-refractivity contribution in [2.24, 2.45) is 0 Å². The zero-order chi connectivity index (χ0) is 25.0. The molecule has 1 atom stereocenters. The van der Waals surface area contributed by atoms with E-state index in [1.807, 2.05) is 60.7 Å². The largest absolute Gasteiger partial charge is 0.444 e. The summed E-state index contributed by atoms with van der Waals surface area (Å²) < 4.78 is 5.25. The highest BCUT2D eigenvalue weighted by Crippen LogP contribution is 2.22. The summed E-state index contributed by atoms with van der Waals surface area (Å²) in [5.41, 5.74) is 1.02. The lowest BCUT2D eigenvalue weighted by molar-refractivity contribution is -0.140. The number of rotatable bonds is 11. The van der Waals surface area contributed by atoms with Gasteiger partial charge in [0.05, 0.1) is 0 Å². The van der Waals surface area contributed by atoms with Gasteiger partial charge in [0.25, 0.3) is 0 Å². The molecule has 7 heteroatoms. The molecule has 2 rings (SSSR count). The van der Waals surface area contributed by atoms with Crippen LogP contribution in [0.5, 0.6) is 0 Å². The second-order valence-electron chi connectivity index (χ2n) is 9.17. The number of ether oxygens (including phenoxy) is 1. The van der Waals surface area contributed by atoms with Crippen LogP contribution in [0.4, 0.5) is 4.79 Å². The molecular formula is C27H37N3O4. The van der Waals surface area contributed by atoms with Crippen LogP contribution in [0.3, 0.4) is 0 Å². The van der Waals surface area contributed by atoms with E-state index in [0.717, 1.165) is 30.4 Å². The molecule has 0 aliphatic carbocycles. The van der Waals surface area contributed by atoms with Crippen molar-refractivity contribution in [1.29, 1.82) is 0 Å². The molecule has 1 unspecified atom stereocenters. The van der Waals surface area contributed by atoms with Gasteiger partial charge in [0.2, 0.25) is 11.8 Å². The van der Waals surface area contributed by atoms with Gasteiger partial charge in [0, 0.05) is 13.1 Å². The molecule has 0 spiro atoms. The monoisotopic (exact) mass is 467 g/mol. The molecule has 0 saturated carbocycles. The number of amides is 3. The first-order valence-electron chi connectivity index (χ1n) is 11.8. The number of carbonyl (C=O) groups is 3. The van der Waals surface area contributed by atoms with Crippen molar-refractivity contribution in [3.8, 4) is 0 Å². The van der Waals surface area contributed by atoms with Crippen LogP contribution in [0.15, 0.2) is 60.7 Å². The lowest BCUT2D eigenvalue weighted by atomic mass is 10.0. The Kier molecular flexibility index (Phi) is 10.6. The number of carbonyl (C=O) groups excluding carboxylic acids is 3. The summed E-state index contributed by atoms with van der Waals surface area (Å²) in [4.78, 5) is 40.3. The summed E-state index contributed by atoms with van der Waals surface area (Å²) in [5, 5.41) is 5.50. The highest BCUT2D eigenvalue weighted by Gasteiger charge is 2.31. The van der Waals surface area contributed by atoms with Crippen molar-refractivity contribution in [1.82, 2.24) is 15.5 Å². The Labute approximate surface area is 202 Å². The Hall–Kier alpha value is -3.35. The van der Waals surface area contributed by atoms with Crippen LogP contribution in [-0.2, 0) is 20.9 Å². The van der Waals surface area contributed by atoms with Crippen LogP contribution in [0, 0.1) is 0 Å². The fourth-order valence-corrected chi connectivity index (χ4v) is 3.48. The van der Waals surface area contributed by atoms with Crippen molar-refractivity contribution >= 4 is 17.9 Å². The maximum absolute atomic E-state index is 13.4. The minimum atomic E-state index is -0.810. The van der Waals surface area contributed by atoms with E-state index < -0.39 is 17.7 Å². The molecule has 7 nitrogen and oxygen atoms in total. The molecule has 2 N–H and O–H groups in total. The van der Waals surface area contributed by atoms with Crippen LogP contribution in [0.1, 0.15) is 64.1 Å². The van der Waals surface area contributed by atoms with Crippen LogP contribution in [-0.4, -0.2) is 41.5 Å². The predicted octanol–water partition coefficient (Wildman–Crippen LogP) is 4.59. The number of alkyl carbamates (subject to hydrolysis) is 1. The zero-order valence-corrected chi connectivity index (χ0v) is 20.7. The third kappa shape index (κ3) is 9.25. The van der Waals surface area contributed by atoms with Crippen LogP contribution < -0.4 is 10.6 Å². The van der Waals surface area contributed by atoms with Gasteiger partial charge in [0.15, 0.2) is 0 Å². The molecule has 0 aromatic heterocycles. The summed E-state index contributed by atoms with van der Waals surface area (Å²) in [6.07, 6.45) is 1.99. The topological polar surface area (TPSA) is 87.7 Å². The van der Waals surface area contributed by atoms with Gasteiger partial charge in [-0.1, -0.05) is 80.4 Å². The minimum absolute atomic E-state index is 0.254. The van der Waals surface area contributed by atoms with Crippen molar-refractivity contribution in [3.05, 3.63) is 71.8 Å². The summed E-state index contributed by atoms with van der Waals surface area (Å²) in [6, 6.07) is 18.1. The molecule has 0 bridgehead atoms. The van der Waals surface area contributed by atoms with E-state index in [4.69, 9.17) is 4.74 Å². The van der Waals surface area contributed by atoms with Gasteiger partial charge >= 0.3 is 6.09 Å². The number of nitrogens with one attached hydrogen (secondary N) is 2. The summed E-state index contributed by atoms with van der Waals surface area (Å²) in [5.74, 6) is -0.608. The first-order chi connectivity index (χ1) is 16.2. The van der Waals surface area contributed by atoms with E-state index in [0.29, 0.717) is 13.1 Å². The summed E-state index contributed by atoms with van der Waals surface area (Å²) >= 11 is 0. The van der Waals surface area contributed by atoms with Crippen molar-refractivity contribution in [2.75, 3.05) is 13.1 Å². The fourth-order valence-electron chi connectivity index (χ4n) is 3.48. The third-order valence-electron chi connectivity index (χ3n) is 5.09. The van der Waals surface area contributed by atoms with E-state index in [9.17, 15) is 14.4 Å². The third-order valence-corrected chi connectivity index (χ3v) is 5.09. The molecular weight excluding hydrogens is 430 g/mol. The molecule has 0 heterocycles. The van der Waals surface area contributed by atoms with Crippen LogP contribution in [0.2, 0.25) is 0 Å². The second kappa shape index (κ2) is 13.4. The molecule has 2 aromatic rings. The molecule has 0 radical (unpaired) electrons. The molecule has 34 heavy (non-hydrogen) atoms. The molecule has 2 aromatic carbocycles. The normalized spacial score (nSPS) is 11.9. The van der Waals surface area contributed by atoms with Gasteiger partial charge in [-0.3, -0.25) is 9.59 Å². The minimum Gasteiger partial charge on any atom is -0.444 e. The number of nitrogens with zero attached hydrogens (tertiary/aromatic N) is 1. The fraction of sp³-hybridized carbons (Fsp3) is 0.444. The lowest BCUT2D eigenvalue weighted by Gasteiger charge is -2.32. The maximum Gasteiger partial charge on any atom is 0.408 e. The smallest absolute Gasteiger partial charge is 0.408 e. The Morgan fingerprint density at radius 1 is 0.912 bits per heavy atom. The highest BCUT2D eigenvalue weighted by molar-refractivity contribution is 5.90. The average molecular weight is 468 g/mol. The van der Waals surface area contributed by atoms with E-state index >= 15 is 0 Å². The maximum atomic E-state index is 13.4. The molecule has 184 valence electrons. The van der Waals surface area contributed by atoms with E-state index in [1.54, 1.807) is 25.7 Å². The van der Waals surface area contributed by atoms with Crippen molar-refractivity contribution in [2.45, 2.75) is 65.1 Å². The van der Waals surface area contributed by atoms with Crippen molar-refractivity contribution < 1.29 is 19.1 Å². The van der Waals surface area contributed by atoms with E-state index in [-0.39, 0.29) is 18.4 Å². The Morgan fingerprint density at radius 3 is 2.12 bits per heavy atom. The number of hydrogen-bond donors (Lipinski definition) is 2. The lowest BCUT2D eigenvalue weighted by Crippen LogP contribution is -2.48. The highest BCUT2D eigenvalue weighted by atomic mass is 16.6. The summed E-state index contributed by atoms with van der Waals surface area (Å²) in [7, 11) is 0. The molecule has 0 fully saturated rings. The second-order valence-corrected chi connectivity index (χ2v) is 9.17. The molecule has 0 saturated heterocycles. The quantitative estimate of drug-likeness (QED) is 0.473. The Morgan fingerprint density at radius 2 is 1.53 bits per heavy atom. The van der Waals surface area contributed by atoms with E-state index in [2.05, 4.69) is 17.6 Å². The Balaban J connectivity index is 2.22. The van der Waals surface area contributed by atoms with Gasteiger partial charge < -0.3 is 20.3 Å². The van der Waals surface area contributed by atoms with Crippen LogP contribution >= 0.6 is 0 Å². The van der Waals surface area contributed by atoms with E-state index in [1.165, 1.54) is 0 Å². The van der Waals surface area contributed by atoms with Gasteiger partial charge in [-0.25, -0.2) is 4.79 Å². The number of benzene rings is 2. The first-order valence-corrected chi connectivity index (χ1v) is 11.8. The molecule has 3 amide bonds. The number of unbranched alkanes of at least 4 members (excludes halogenated alkanes) is 2. The number of hydrogen-bond acceptors (Lipinski definition) is 4. The molecule has 0 aliphatic rings. The van der Waals surface area contributed by atoms with Crippen molar-refractivity contribution in [3.63, 3.8) is 0 Å². The summed E-state index contributed by atoms with van der Waals surface area (Å²) in [6.45, 7) is 7.86. The van der Waals surface area contributed by atoms with Gasteiger partial charge in [-0.05, 0) is 38.3 Å². The first kappa shape index (κ1) is 26.9. The standard InChI is InChI=1S/C27H37N3O4/c1-5-6-13-18-30(23(31)20-29-26(33)34-27(2,3)4)24(22-16-11-8-12-17-22)25(32)28-19-21-14-9-7-10-15-21/h7-12,14-17,24H,5-6,13,18-20H2,1-4H3,(H,28,32)(H,29,33). The SMILES string of the molecule is CCCCCN(C(=O)CNC(=O)OC(C)(C)C)C(C(=O)NCc1ccccc1)c1ccccc1. The Bertz CT molecular complexity index is 910. The predicted molar refractivity (Wildman–Crippen MR) is 133 cm³/mol. The van der Waals surface area contributed by atoms with Gasteiger partial charge in [0.1, 0.15) is 18.2 Å². The van der Waals surface area contributed by atoms with Gasteiger partial charge in [-0.2, -0.15) is 0 Å².